The van der Waals surface area contributed by atoms with Gasteiger partial charge in [0.05, 0.1) is 0 Å². The maximum Gasteiger partial charge on any atom is 0.410 e. The van der Waals surface area contributed by atoms with Crippen LogP contribution in [0.15, 0.2) is 72.0 Å². The zero-order valence-corrected chi connectivity index (χ0v) is 21.2. The average molecular weight is 511 g/mol. The molecule has 0 saturated heterocycles. The van der Waals surface area contributed by atoms with Gasteiger partial charge >= 0.3 is 6.09 Å². The maximum absolute atomic E-state index is 12.3. The van der Waals surface area contributed by atoms with Gasteiger partial charge in [-0.15, -0.1) is 0 Å². The Morgan fingerprint density at radius 3 is 2.42 bits per heavy atom. The van der Waals surface area contributed by atoms with Gasteiger partial charge in [0, 0.05) is 38.5 Å². The Hall–Kier alpha value is -4.11. The quantitative estimate of drug-likeness (QED) is 0.342. The average Bonchev–Trinajstić information content (AvgIpc) is 2.89. The molecule has 3 rings (SSSR count). The lowest BCUT2D eigenvalue weighted by Gasteiger charge is -2.21. The summed E-state index contributed by atoms with van der Waals surface area (Å²) in [6.45, 7) is 0.0691. The van der Waals surface area contributed by atoms with Gasteiger partial charge in [0.2, 0.25) is 5.88 Å². The second-order valence-corrected chi connectivity index (χ2v) is 8.18. The topological polar surface area (TPSA) is 102 Å². The number of halogens is 1. The minimum Gasteiger partial charge on any atom is -0.472 e. The number of hydrogen-bond donors (Lipinski definition) is 1. The van der Waals surface area contributed by atoms with Crippen LogP contribution in [0.4, 0.5) is 4.79 Å². The van der Waals surface area contributed by atoms with E-state index in [0.29, 0.717) is 16.7 Å². The van der Waals surface area contributed by atoms with Crippen molar-refractivity contribution in [2.75, 3.05) is 28.3 Å². The molecule has 3 aromatic rings. The van der Waals surface area contributed by atoms with Gasteiger partial charge in [-0.25, -0.2) is 9.78 Å². The number of nitrogens with zero attached hydrogens (tertiary/aromatic N) is 3. The molecule has 9 nitrogen and oxygen atoms in total. The van der Waals surface area contributed by atoms with Gasteiger partial charge in [-0.3, -0.25) is 4.79 Å². The van der Waals surface area contributed by atoms with Crippen molar-refractivity contribution < 1.29 is 23.9 Å². The second kappa shape index (κ2) is 12.6. The second-order valence-electron chi connectivity index (χ2n) is 7.77. The van der Waals surface area contributed by atoms with E-state index in [2.05, 4.69) is 15.5 Å². The Bertz CT molecular complexity index is 1230. The van der Waals surface area contributed by atoms with Crippen molar-refractivity contribution in [2.45, 2.75) is 12.7 Å². The summed E-state index contributed by atoms with van der Waals surface area (Å²) in [5, 5.41) is 6.64. The number of likely N-dealkylation sites (N-methyl/N-ethyl adjacent to an activating group) is 1. The minimum absolute atomic E-state index is 0.0691. The van der Waals surface area contributed by atoms with Crippen LogP contribution in [0, 0.1) is 0 Å². The van der Waals surface area contributed by atoms with Crippen molar-refractivity contribution in [3.8, 4) is 5.88 Å². The third-order valence-electron chi connectivity index (χ3n) is 5.08. The van der Waals surface area contributed by atoms with E-state index in [-0.39, 0.29) is 23.2 Å². The number of benzene rings is 2. The lowest BCUT2D eigenvalue weighted by molar-refractivity contribution is -0.114. The van der Waals surface area contributed by atoms with Gasteiger partial charge in [-0.05, 0) is 17.2 Å². The number of pyridine rings is 1. The number of aromatic nitrogens is 1. The highest BCUT2D eigenvalue weighted by atomic mass is 35.5. The predicted octanol–water partition coefficient (Wildman–Crippen LogP) is 4.20. The van der Waals surface area contributed by atoms with Crippen molar-refractivity contribution >= 4 is 29.3 Å². The van der Waals surface area contributed by atoms with E-state index in [0.717, 1.165) is 5.56 Å². The zero-order chi connectivity index (χ0) is 26.1. The van der Waals surface area contributed by atoms with Crippen LogP contribution in [0.3, 0.4) is 0 Å². The van der Waals surface area contributed by atoms with Crippen LogP contribution < -0.4 is 10.1 Å². The molecule has 0 saturated carbocycles. The number of rotatable bonds is 9. The molecule has 1 atom stereocenters. The van der Waals surface area contributed by atoms with E-state index in [1.54, 1.807) is 44.6 Å². The lowest BCUT2D eigenvalue weighted by atomic mass is 10.0. The molecular weight excluding hydrogens is 484 g/mol. The van der Waals surface area contributed by atoms with E-state index in [9.17, 15) is 9.59 Å². The number of carbonyl (C=O) groups excluding carboxylic acids is 2. The summed E-state index contributed by atoms with van der Waals surface area (Å²) < 4.78 is 11.6. The smallest absolute Gasteiger partial charge is 0.410 e. The molecule has 0 aliphatic rings. The highest BCUT2D eigenvalue weighted by Gasteiger charge is 2.22. The SMILES string of the molecule is CNC(=O)C(=NOC)c1ccccc1COc1ncc(C(OC(=O)N(C)C)c2ccccc2)cc1Cl. The largest absolute Gasteiger partial charge is 0.472 e. The monoisotopic (exact) mass is 510 g/mol. The molecule has 1 heterocycles. The Morgan fingerprint density at radius 1 is 1.08 bits per heavy atom. The summed E-state index contributed by atoms with van der Waals surface area (Å²) in [6, 6.07) is 18.1. The molecule has 36 heavy (non-hydrogen) atoms. The highest BCUT2D eigenvalue weighted by molar-refractivity contribution is 6.45. The Balaban J connectivity index is 1.86. The van der Waals surface area contributed by atoms with E-state index in [4.69, 9.17) is 25.9 Å². The van der Waals surface area contributed by atoms with Crippen molar-refractivity contribution in [1.29, 1.82) is 0 Å². The van der Waals surface area contributed by atoms with E-state index in [1.165, 1.54) is 19.1 Å². The molecule has 0 spiro atoms. The van der Waals surface area contributed by atoms with Gasteiger partial charge < -0.3 is 24.5 Å². The first-order chi connectivity index (χ1) is 17.3. The fourth-order valence-corrected chi connectivity index (χ4v) is 3.53. The van der Waals surface area contributed by atoms with Crippen molar-refractivity contribution in [3.05, 3.63) is 94.1 Å². The van der Waals surface area contributed by atoms with Crippen LogP contribution in [-0.4, -0.2) is 55.8 Å². The van der Waals surface area contributed by atoms with Crippen molar-refractivity contribution in [3.63, 3.8) is 0 Å². The van der Waals surface area contributed by atoms with Gasteiger partial charge in [0.1, 0.15) is 18.7 Å². The zero-order valence-electron chi connectivity index (χ0n) is 20.4. The fraction of sp³-hybridized carbons (Fsp3) is 0.231. The van der Waals surface area contributed by atoms with Gasteiger partial charge in [0.25, 0.3) is 5.91 Å². The summed E-state index contributed by atoms with van der Waals surface area (Å²) in [4.78, 5) is 35.1. The molecule has 2 amide bonds. The molecule has 1 aromatic heterocycles. The Morgan fingerprint density at radius 2 is 1.78 bits per heavy atom. The predicted molar refractivity (Wildman–Crippen MR) is 136 cm³/mol. The molecule has 1 N–H and O–H groups in total. The van der Waals surface area contributed by atoms with Crippen molar-refractivity contribution in [1.82, 2.24) is 15.2 Å². The first kappa shape index (κ1) is 26.5. The molecular formula is C26H27ClN4O5. The summed E-state index contributed by atoms with van der Waals surface area (Å²) >= 11 is 6.50. The van der Waals surface area contributed by atoms with Crippen LogP contribution in [0.1, 0.15) is 28.4 Å². The number of oxime groups is 1. The Labute approximate surface area is 214 Å². The number of amides is 2. The van der Waals surface area contributed by atoms with E-state index in [1.807, 2.05) is 36.4 Å². The Kier molecular flexibility index (Phi) is 9.24. The maximum atomic E-state index is 12.3. The van der Waals surface area contributed by atoms with Crippen LogP contribution in [-0.2, 0) is 21.0 Å². The lowest BCUT2D eigenvalue weighted by Crippen LogP contribution is -2.29. The molecule has 0 aliphatic heterocycles. The minimum atomic E-state index is -0.707. The first-order valence-electron chi connectivity index (χ1n) is 11.0. The van der Waals surface area contributed by atoms with E-state index >= 15 is 0 Å². The molecule has 0 fully saturated rings. The number of nitrogens with one attached hydrogen (secondary N) is 1. The van der Waals surface area contributed by atoms with Crippen molar-refractivity contribution in [2.24, 2.45) is 5.16 Å². The van der Waals surface area contributed by atoms with Gasteiger partial charge in [-0.2, -0.15) is 0 Å². The normalized spacial score (nSPS) is 11.9. The van der Waals surface area contributed by atoms with Crippen LogP contribution in [0.5, 0.6) is 5.88 Å². The first-order valence-corrected chi connectivity index (χ1v) is 11.4. The number of carbonyl (C=O) groups is 2. The number of hydrogen-bond acceptors (Lipinski definition) is 7. The molecule has 188 valence electrons. The molecule has 10 heteroatoms. The molecule has 0 bridgehead atoms. The van der Waals surface area contributed by atoms with Crippen LogP contribution >= 0.6 is 11.6 Å². The summed E-state index contributed by atoms with van der Waals surface area (Å²) in [7, 11) is 6.09. The van der Waals surface area contributed by atoms with Gasteiger partial charge in [0.15, 0.2) is 11.8 Å². The third kappa shape index (κ3) is 6.51. The van der Waals surface area contributed by atoms with Gasteiger partial charge in [-0.1, -0.05) is 71.4 Å². The molecule has 2 aromatic carbocycles. The highest BCUT2D eigenvalue weighted by Crippen LogP contribution is 2.31. The fourth-order valence-electron chi connectivity index (χ4n) is 3.30. The molecule has 1 unspecified atom stereocenters. The van der Waals surface area contributed by atoms with E-state index < -0.39 is 18.1 Å². The van der Waals surface area contributed by atoms with Crippen LogP contribution in [0.2, 0.25) is 5.02 Å². The summed E-state index contributed by atoms with van der Waals surface area (Å²) in [5.74, 6) is -0.213. The molecule has 0 radical (unpaired) electrons. The third-order valence-corrected chi connectivity index (χ3v) is 5.35. The molecule has 0 aliphatic carbocycles. The standard InChI is InChI=1S/C26H27ClN4O5/c1-28-24(32)22(30-34-4)20-13-9-8-12-18(20)16-35-25-21(27)14-19(15-29-25)23(36-26(33)31(2)3)17-10-6-5-7-11-17/h5-15,23H,16H2,1-4H3,(H,28,32). The number of ether oxygens (including phenoxy) is 2. The van der Waals surface area contributed by atoms with Crippen LogP contribution in [0.25, 0.3) is 0 Å². The summed E-state index contributed by atoms with van der Waals surface area (Å²) in [6.07, 6.45) is 0.346. The summed E-state index contributed by atoms with van der Waals surface area (Å²) in [5.41, 5.74) is 2.70.